The monoisotopic (exact) mass is 226 g/mol. The fourth-order valence-corrected chi connectivity index (χ4v) is 0.615. The van der Waals surface area contributed by atoms with E-state index in [-0.39, 0.29) is 0 Å². The van der Waals surface area contributed by atoms with E-state index >= 15 is 0 Å². The van der Waals surface area contributed by atoms with Crippen LogP contribution in [0.3, 0.4) is 0 Å². The van der Waals surface area contributed by atoms with Crippen LogP contribution in [0.15, 0.2) is 0 Å². The van der Waals surface area contributed by atoms with Crippen molar-refractivity contribution in [1.29, 1.82) is 0 Å². The third-order valence-electron chi connectivity index (χ3n) is 1.22. The molecule has 2 nitrogen and oxygen atoms in total. The fraction of sp³-hybridized carbons (Fsp3) is 1.00. The molecule has 8 heteroatoms. The van der Waals surface area contributed by atoms with Gasteiger partial charge in [-0.25, -0.2) is 0 Å². The standard InChI is InChI=1S/C6H8F6O2/c1-3(2-13)14-4(5(7,8)9)6(10,11)12/h3-4,13H,2H2,1H3. The van der Waals surface area contributed by atoms with Crippen LogP contribution in [-0.2, 0) is 4.74 Å². The number of alkyl halides is 6. The van der Waals surface area contributed by atoms with Crippen LogP contribution < -0.4 is 0 Å². The van der Waals surface area contributed by atoms with Crippen LogP contribution in [0.4, 0.5) is 26.3 Å². The molecule has 0 rings (SSSR count). The van der Waals surface area contributed by atoms with Crippen molar-refractivity contribution in [3.63, 3.8) is 0 Å². The van der Waals surface area contributed by atoms with Crippen molar-refractivity contribution in [2.24, 2.45) is 0 Å². The molecule has 0 saturated heterocycles. The van der Waals surface area contributed by atoms with Gasteiger partial charge >= 0.3 is 12.4 Å². The first-order valence-corrected chi connectivity index (χ1v) is 3.48. The highest BCUT2D eigenvalue weighted by Gasteiger charge is 2.58. The van der Waals surface area contributed by atoms with Crippen molar-refractivity contribution in [3.8, 4) is 0 Å². The molecule has 0 aliphatic carbocycles. The van der Waals surface area contributed by atoms with Crippen molar-refractivity contribution in [3.05, 3.63) is 0 Å². The second kappa shape index (κ2) is 4.35. The zero-order valence-corrected chi connectivity index (χ0v) is 6.99. The fourth-order valence-electron chi connectivity index (χ4n) is 0.615. The average molecular weight is 226 g/mol. The molecule has 0 spiro atoms. The number of hydrogen-bond donors (Lipinski definition) is 1. The van der Waals surface area contributed by atoms with Crippen LogP contribution in [0.2, 0.25) is 0 Å². The number of aliphatic hydroxyl groups is 1. The first-order chi connectivity index (χ1) is 6.09. The first-order valence-electron chi connectivity index (χ1n) is 3.48. The van der Waals surface area contributed by atoms with Crippen molar-refractivity contribution in [2.75, 3.05) is 6.61 Å². The average Bonchev–Trinajstić information content (AvgIpc) is 1.95. The molecule has 0 aromatic carbocycles. The summed E-state index contributed by atoms with van der Waals surface area (Å²) in [7, 11) is 0. The van der Waals surface area contributed by atoms with E-state index in [2.05, 4.69) is 4.74 Å². The maximum Gasteiger partial charge on any atom is 0.423 e. The van der Waals surface area contributed by atoms with Crippen LogP contribution in [0.5, 0.6) is 0 Å². The molecule has 0 fully saturated rings. The van der Waals surface area contributed by atoms with E-state index in [9.17, 15) is 26.3 Å². The molecule has 1 N–H and O–H groups in total. The zero-order chi connectivity index (χ0) is 11.6. The van der Waals surface area contributed by atoms with Gasteiger partial charge in [-0.3, -0.25) is 0 Å². The predicted octanol–water partition coefficient (Wildman–Crippen LogP) is 1.88. The molecular weight excluding hydrogens is 218 g/mol. The Bertz CT molecular complexity index is 160. The third-order valence-corrected chi connectivity index (χ3v) is 1.22. The van der Waals surface area contributed by atoms with E-state index in [1.807, 2.05) is 0 Å². The Balaban J connectivity index is 4.59. The number of hydrogen-bond acceptors (Lipinski definition) is 2. The van der Waals surface area contributed by atoms with Crippen molar-refractivity contribution in [1.82, 2.24) is 0 Å². The molecule has 0 saturated carbocycles. The SMILES string of the molecule is CC(CO)OC(C(F)(F)F)C(F)(F)F. The Hall–Kier alpha value is -0.500. The van der Waals surface area contributed by atoms with Gasteiger partial charge in [0.05, 0.1) is 12.7 Å². The van der Waals surface area contributed by atoms with Gasteiger partial charge in [0.2, 0.25) is 6.10 Å². The first kappa shape index (κ1) is 13.5. The minimum absolute atomic E-state index is 0.907. The van der Waals surface area contributed by atoms with E-state index in [1.54, 1.807) is 0 Å². The van der Waals surface area contributed by atoms with Crippen LogP contribution in [0, 0.1) is 0 Å². The second-order valence-corrected chi connectivity index (χ2v) is 2.59. The second-order valence-electron chi connectivity index (χ2n) is 2.59. The molecule has 86 valence electrons. The minimum atomic E-state index is -5.53. The molecule has 0 radical (unpaired) electrons. The molecule has 0 aliphatic rings. The molecule has 14 heavy (non-hydrogen) atoms. The maximum absolute atomic E-state index is 11.8. The summed E-state index contributed by atoms with van der Waals surface area (Å²) in [6, 6.07) is 0. The highest BCUT2D eigenvalue weighted by atomic mass is 19.4. The number of rotatable bonds is 3. The lowest BCUT2D eigenvalue weighted by atomic mass is 10.3. The van der Waals surface area contributed by atoms with Crippen molar-refractivity contribution >= 4 is 0 Å². The van der Waals surface area contributed by atoms with E-state index in [0.717, 1.165) is 6.92 Å². The molecule has 1 unspecified atom stereocenters. The van der Waals surface area contributed by atoms with Crippen LogP contribution >= 0.6 is 0 Å². The summed E-state index contributed by atoms with van der Waals surface area (Å²) in [6.07, 6.45) is -16.4. The Kier molecular flexibility index (Phi) is 4.19. The van der Waals surface area contributed by atoms with E-state index in [1.165, 1.54) is 0 Å². The highest BCUT2D eigenvalue weighted by molar-refractivity contribution is 4.77. The van der Waals surface area contributed by atoms with E-state index in [4.69, 9.17) is 5.11 Å². The normalized spacial score (nSPS) is 16.1. The largest absolute Gasteiger partial charge is 0.423 e. The number of ether oxygens (including phenoxy) is 1. The summed E-state index contributed by atoms with van der Waals surface area (Å²) in [5, 5.41) is 8.26. The Morgan fingerprint density at radius 2 is 1.43 bits per heavy atom. The molecule has 1 atom stereocenters. The maximum atomic E-state index is 11.8. The Morgan fingerprint density at radius 1 is 1.07 bits per heavy atom. The summed E-state index contributed by atoms with van der Waals surface area (Å²) < 4.78 is 74.3. The summed E-state index contributed by atoms with van der Waals surface area (Å²) in [5.74, 6) is 0. The summed E-state index contributed by atoms with van der Waals surface area (Å²) >= 11 is 0. The van der Waals surface area contributed by atoms with Crippen LogP contribution in [-0.4, -0.2) is 36.3 Å². The minimum Gasteiger partial charge on any atom is -0.394 e. The lowest BCUT2D eigenvalue weighted by Crippen LogP contribution is -2.46. The van der Waals surface area contributed by atoms with Gasteiger partial charge in [0.15, 0.2) is 0 Å². The van der Waals surface area contributed by atoms with Gasteiger partial charge in [-0.2, -0.15) is 26.3 Å². The summed E-state index contributed by atoms with van der Waals surface area (Å²) in [6.45, 7) is -0.00681. The van der Waals surface area contributed by atoms with E-state index in [0.29, 0.717) is 0 Å². The highest BCUT2D eigenvalue weighted by Crippen LogP contribution is 2.36. The number of halogens is 6. The van der Waals surface area contributed by atoms with Gasteiger partial charge in [-0.15, -0.1) is 0 Å². The number of aliphatic hydroxyl groups excluding tert-OH is 1. The van der Waals surface area contributed by atoms with E-state index < -0.39 is 31.2 Å². The zero-order valence-electron chi connectivity index (χ0n) is 6.99. The van der Waals surface area contributed by atoms with Crippen molar-refractivity contribution in [2.45, 2.75) is 31.5 Å². The smallest absolute Gasteiger partial charge is 0.394 e. The Labute approximate surface area is 75.5 Å². The van der Waals surface area contributed by atoms with Crippen LogP contribution in [0.25, 0.3) is 0 Å². The van der Waals surface area contributed by atoms with Gasteiger partial charge in [-0.1, -0.05) is 0 Å². The molecule has 0 aliphatic heterocycles. The topological polar surface area (TPSA) is 29.5 Å². The lowest BCUT2D eigenvalue weighted by molar-refractivity contribution is -0.331. The molecule has 0 bridgehead atoms. The molecule has 0 aromatic rings. The van der Waals surface area contributed by atoms with Gasteiger partial charge in [0.25, 0.3) is 0 Å². The van der Waals surface area contributed by atoms with Crippen molar-refractivity contribution < 1.29 is 36.2 Å². The molecular formula is C6H8F6O2. The van der Waals surface area contributed by atoms with Gasteiger partial charge in [0.1, 0.15) is 0 Å². The van der Waals surface area contributed by atoms with Crippen LogP contribution in [0.1, 0.15) is 6.92 Å². The summed E-state index contributed by atoms with van der Waals surface area (Å²) in [5.41, 5.74) is 0. The summed E-state index contributed by atoms with van der Waals surface area (Å²) in [4.78, 5) is 0. The van der Waals surface area contributed by atoms with Gasteiger partial charge in [-0.05, 0) is 6.92 Å². The molecule has 0 heterocycles. The van der Waals surface area contributed by atoms with Gasteiger partial charge in [0, 0.05) is 0 Å². The lowest BCUT2D eigenvalue weighted by Gasteiger charge is -2.25. The molecule has 0 aromatic heterocycles. The van der Waals surface area contributed by atoms with Gasteiger partial charge < -0.3 is 9.84 Å². The molecule has 0 amide bonds. The Morgan fingerprint density at radius 3 is 1.64 bits per heavy atom. The third kappa shape index (κ3) is 4.14. The predicted molar refractivity (Wildman–Crippen MR) is 33.5 cm³/mol. The quantitative estimate of drug-likeness (QED) is 0.744.